The zero-order valence-corrected chi connectivity index (χ0v) is 17.3. The number of hydrogen-bond acceptors (Lipinski definition) is 3. The summed E-state index contributed by atoms with van der Waals surface area (Å²) >= 11 is 0. The highest BCUT2D eigenvalue weighted by Crippen LogP contribution is 2.49. The second-order valence-electron chi connectivity index (χ2n) is 7.91. The summed E-state index contributed by atoms with van der Waals surface area (Å²) in [4.78, 5) is 10.5. The van der Waals surface area contributed by atoms with Crippen molar-refractivity contribution in [2.75, 3.05) is 5.75 Å². The third kappa shape index (κ3) is 6.16. The first-order valence-electron chi connectivity index (χ1n) is 10.2. The van der Waals surface area contributed by atoms with E-state index in [9.17, 15) is 17.6 Å². The number of unbranched alkanes of at least 4 members (excludes halogenated alkanes) is 1. The number of halogens is 1. The van der Waals surface area contributed by atoms with Gasteiger partial charge in [-0.1, -0.05) is 24.3 Å². The molecule has 0 spiro atoms. The SMILES string of the molecule is O=C(O)CCCC=CCC1=C(NS(=O)(=O)CCc2cccc(F)c2)C2CCC1C2. The number of aliphatic carboxylic acids is 1. The molecule has 2 bridgehead atoms. The molecule has 3 rings (SSSR count). The maximum absolute atomic E-state index is 13.3. The molecule has 0 aromatic heterocycles. The van der Waals surface area contributed by atoms with E-state index in [-0.39, 0.29) is 30.3 Å². The molecule has 1 aromatic rings. The zero-order chi connectivity index (χ0) is 20.9. The Bertz CT molecular complexity index is 907. The van der Waals surface area contributed by atoms with Gasteiger partial charge in [-0.3, -0.25) is 9.52 Å². The number of carboxylic acid groups (broad SMARTS) is 1. The predicted molar refractivity (Wildman–Crippen MR) is 110 cm³/mol. The van der Waals surface area contributed by atoms with E-state index < -0.39 is 16.0 Å². The predicted octanol–water partition coefficient (Wildman–Crippen LogP) is 4.17. The van der Waals surface area contributed by atoms with E-state index in [4.69, 9.17) is 5.11 Å². The Kier molecular flexibility index (Phi) is 7.11. The quantitative estimate of drug-likeness (QED) is 0.415. The van der Waals surface area contributed by atoms with Gasteiger partial charge in [-0.25, -0.2) is 12.8 Å². The van der Waals surface area contributed by atoms with Crippen molar-refractivity contribution >= 4 is 16.0 Å². The second-order valence-corrected chi connectivity index (χ2v) is 9.75. The summed E-state index contributed by atoms with van der Waals surface area (Å²) in [5.41, 5.74) is 2.70. The van der Waals surface area contributed by atoms with Crippen LogP contribution >= 0.6 is 0 Å². The van der Waals surface area contributed by atoms with E-state index in [0.717, 1.165) is 25.0 Å². The lowest BCUT2D eigenvalue weighted by atomic mass is 9.93. The highest BCUT2D eigenvalue weighted by atomic mass is 32.2. The highest BCUT2D eigenvalue weighted by Gasteiger charge is 2.39. The Hall–Kier alpha value is -2.15. The number of carboxylic acids is 1. The number of fused-ring (bicyclic) bond motifs is 2. The maximum atomic E-state index is 13.3. The van der Waals surface area contributed by atoms with Crippen molar-refractivity contribution in [1.29, 1.82) is 0 Å². The lowest BCUT2D eigenvalue weighted by molar-refractivity contribution is -0.137. The summed E-state index contributed by atoms with van der Waals surface area (Å²) < 4.78 is 41.4. The Labute approximate surface area is 171 Å². The van der Waals surface area contributed by atoms with Crippen LogP contribution in [0.1, 0.15) is 50.5 Å². The first-order valence-corrected chi connectivity index (χ1v) is 11.8. The number of benzene rings is 1. The summed E-state index contributed by atoms with van der Waals surface area (Å²) in [6.45, 7) is 0. The molecule has 2 aliphatic carbocycles. The molecule has 2 atom stereocenters. The first kappa shape index (κ1) is 21.6. The molecule has 0 heterocycles. The smallest absolute Gasteiger partial charge is 0.303 e. The molecular formula is C22H28FNO4S. The fourth-order valence-corrected chi connectivity index (χ4v) is 5.57. The van der Waals surface area contributed by atoms with E-state index in [0.29, 0.717) is 30.7 Å². The van der Waals surface area contributed by atoms with Gasteiger partial charge >= 0.3 is 5.97 Å². The van der Waals surface area contributed by atoms with Gasteiger partial charge < -0.3 is 5.11 Å². The van der Waals surface area contributed by atoms with E-state index in [1.165, 1.54) is 17.7 Å². The largest absolute Gasteiger partial charge is 0.481 e. The molecule has 0 amide bonds. The third-order valence-corrected chi connectivity index (χ3v) is 7.03. The minimum Gasteiger partial charge on any atom is -0.481 e. The number of sulfonamides is 1. The molecule has 0 aliphatic heterocycles. The first-order chi connectivity index (χ1) is 13.8. The van der Waals surface area contributed by atoms with Crippen LogP contribution in [-0.4, -0.2) is 25.2 Å². The Morgan fingerprint density at radius 3 is 2.79 bits per heavy atom. The molecule has 5 nitrogen and oxygen atoms in total. The van der Waals surface area contributed by atoms with Crippen LogP contribution in [0.3, 0.4) is 0 Å². The van der Waals surface area contributed by atoms with Crippen LogP contribution in [0.5, 0.6) is 0 Å². The van der Waals surface area contributed by atoms with Crippen molar-refractivity contribution in [1.82, 2.24) is 4.72 Å². The van der Waals surface area contributed by atoms with Gasteiger partial charge in [0.2, 0.25) is 10.0 Å². The average Bonchev–Trinajstić information content (AvgIpc) is 3.25. The van der Waals surface area contributed by atoms with Crippen LogP contribution in [0.2, 0.25) is 0 Å². The Balaban J connectivity index is 1.60. The molecule has 2 N–H and O–H groups in total. The van der Waals surface area contributed by atoms with E-state index in [1.807, 2.05) is 12.2 Å². The average molecular weight is 422 g/mol. The van der Waals surface area contributed by atoms with Crippen LogP contribution in [-0.2, 0) is 21.2 Å². The fraction of sp³-hybridized carbons (Fsp3) is 0.500. The molecule has 29 heavy (non-hydrogen) atoms. The van der Waals surface area contributed by atoms with E-state index in [2.05, 4.69) is 4.72 Å². The number of hydrogen-bond donors (Lipinski definition) is 2. The highest BCUT2D eigenvalue weighted by molar-refractivity contribution is 7.89. The molecule has 1 saturated carbocycles. The minimum atomic E-state index is -3.50. The number of allylic oxidation sites excluding steroid dienone is 4. The van der Waals surface area contributed by atoms with Crippen LogP contribution in [0.15, 0.2) is 47.7 Å². The van der Waals surface area contributed by atoms with Crippen molar-refractivity contribution < 1.29 is 22.7 Å². The molecule has 0 radical (unpaired) electrons. The number of nitrogens with one attached hydrogen (secondary N) is 1. The van der Waals surface area contributed by atoms with Gasteiger partial charge in [-0.05, 0) is 74.1 Å². The van der Waals surface area contributed by atoms with Crippen LogP contribution in [0, 0.1) is 17.7 Å². The Morgan fingerprint density at radius 1 is 1.24 bits per heavy atom. The molecule has 2 unspecified atom stereocenters. The maximum Gasteiger partial charge on any atom is 0.303 e. The van der Waals surface area contributed by atoms with Crippen molar-refractivity contribution in [2.45, 2.75) is 51.4 Å². The molecule has 158 valence electrons. The normalized spacial score (nSPS) is 21.3. The van der Waals surface area contributed by atoms with Gasteiger partial charge in [-0.15, -0.1) is 0 Å². The third-order valence-electron chi connectivity index (χ3n) is 5.76. The monoisotopic (exact) mass is 421 g/mol. The van der Waals surface area contributed by atoms with Crippen molar-refractivity contribution in [2.24, 2.45) is 11.8 Å². The van der Waals surface area contributed by atoms with Crippen LogP contribution in [0.25, 0.3) is 0 Å². The molecule has 1 fully saturated rings. The number of carbonyl (C=O) groups is 1. The fourth-order valence-electron chi connectivity index (χ4n) is 4.33. The van der Waals surface area contributed by atoms with E-state index >= 15 is 0 Å². The summed E-state index contributed by atoms with van der Waals surface area (Å²) in [6.07, 6.45) is 9.58. The molecule has 7 heteroatoms. The van der Waals surface area contributed by atoms with Crippen LogP contribution < -0.4 is 4.72 Å². The van der Waals surface area contributed by atoms with Gasteiger partial charge in [0.05, 0.1) is 5.75 Å². The summed E-state index contributed by atoms with van der Waals surface area (Å²) in [5, 5.41) is 8.67. The Morgan fingerprint density at radius 2 is 2.03 bits per heavy atom. The van der Waals surface area contributed by atoms with Gasteiger partial charge in [0.1, 0.15) is 5.82 Å². The number of rotatable bonds is 11. The topological polar surface area (TPSA) is 83.5 Å². The summed E-state index contributed by atoms with van der Waals surface area (Å²) in [7, 11) is -3.50. The lowest BCUT2D eigenvalue weighted by Gasteiger charge is -2.21. The van der Waals surface area contributed by atoms with E-state index in [1.54, 1.807) is 12.1 Å². The van der Waals surface area contributed by atoms with Gasteiger partial charge in [0, 0.05) is 18.0 Å². The number of aryl methyl sites for hydroxylation is 1. The molecule has 2 aliphatic rings. The molecule has 0 saturated heterocycles. The molecular weight excluding hydrogens is 393 g/mol. The standard InChI is InChI=1S/C22H28FNO4S/c23-19-7-5-6-16(14-19)12-13-29(27,28)24-22-18-11-10-17(15-18)20(22)8-3-1-2-4-9-21(25)26/h1,3,5-7,14,17-18,24H,2,4,8-13,15H2,(H,25,26). The second kappa shape index (κ2) is 9.57. The van der Waals surface area contributed by atoms with Gasteiger partial charge in [0.15, 0.2) is 0 Å². The van der Waals surface area contributed by atoms with Crippen molar-refractivity contribution in [3.63, 3.8) is 0 Å². The lowest BCUT2D eigenvalue weighted by Crippen LogP contribution is -2.30. The zero-order valence-electron chi connectivity index (χ0n) is 16.4. The van der Waals surface area contributed by atoms with Gasteiger partial charge in [-0.2, -0.15) is 0 Å². The van der Waals surface area contributed by atoms with Gasteiger partial charge in [0.25, 0.3) is 0 Å². The molecule has 1 aromatic carbocycles. The minimum absolute atomic E-state index is 0.0738. The van der Waals surface area contributed by atoms with Crippen LogP contribution in [0.4, 0.5) is 4.39 Å². The van der Waals surface area contributed by atoms with Crippen molar-refractivity contribution in [3.05, 3.63) is 59.1 Å². The van der Waals surface area contributed by atoms with Crippen molar-refractivity contribution in [3.8, 4) is 0 Å². The summed E-state index contributed by atoms with van der Waals surface area (Å²) in [6, 6.07) is 6.03. The summed E-state index contributed by atoms with van der Waals surface area (Å²) in [5.74, 6) is -0.510.